The summed E-state index contributed by atoms with van der Waals surface area (Å²) in [4.78, 5) is 14.9. The van der Waals surface area contributed by atoms with Crippen LogP contribution < -0.4 is 11.1 Å². The Morgan fingerprint density at radius 1 is 1.76 bits per heavy atom. The molecular formula is C11H15N3O3. The van der Waals surface area contributed by atoms with Gasteiger partial charge in [0, 0.05) is 13.2 Å². The molecule has 6 nitrogen and oxygen atoms in total. The van der Waals surface area contributed by atoms with Gasteiger partial charge < -0.3 is 20.9 Å². The molecule has 1 aliphatic rings. The van der Waals surface area contributed by atoms with E-state index in [0.717, 1.165) is 13.0 Å². The fourth-order valence-electron chi connectivity index (χ4n) is 1.60. The molecule has 0 saturated carbocycles. The first kappa shape index (κ1) is 11.7. The van der Waals surface area contributed by atoms with Crippen LogP contribution in [0.5, 0.6) is 0 Å². The van der Waals surface area contributed by atoms with Crippen molar-refractivity contribution < 1.29 is 14.6 Å². The lowest BCUT2D eigenvalue weighted by molar-refractivity contribution is -0.0410. The van der Waals surface area contributed by atoms with Crippen molar-refractivity contribution in [2.45, 2.75) is 19.4 Å². The number of anilines is 2. The van der Waals surface area contributed by atoms with Gasteiger partial charge in [-0.05, 0) is 25.0 Å². The summed E-state index contributed by atoms with van der Waals surface area (Å²) in [5.74, 6) is -0.598. The van der Waals surface area contributed by atoms with E-state index < -0.39 is 5.97 Å². The maximum absolute atomic E-state index is 10.9. The Bertz CT molecular complexity index is 444. The molecule has 92 valence electrons. The number of carbonyl (C=O) groups is 1. The third kappa shape index (κ3) is 2.47. The van der Waals surface area contributed by atoms with Gasteiger partial charge in [-0.25, -0.2) is 9.78 Å². The van der Waals surface area contributed by atoms with Crippen LogP contribution >= 0.6 is 0 Å². The van der Waals surface area contributed by atoms with Crippen molar-refractivity contribution in [3.8, 4) is 0 Å². The van der Waals surface area contributed by atoms with E-state index in [1.165, 1.54) is 0 Å². The van der Waals surface area contributed by atoms with Crippen molar-refractivity contribution in [1.82, 2.24) is 4.98 Å². The van der Waals surface area contributed by atoms with Crippen molar-refractivity contribution >= 4 is 17.5 Å². The number of nitrogens with two attached hydrogens (primary N) is 1. The zero-order valence-corrected chi connectivity index (χ0v) is 9.56. The molecule has 0 spiro atoms. The van der Waals surface area contributed by atoms with Gasteiger partial charge in [-0.2, -0.15) is 0 Å². The van der Waals surface area contributed by atoms with Gasteiger partial charge >= 0.3 is 5.97 Å². The number of ether oxygens (including phenoxy) is 1. The lowest BCUT2D eigenvalue weighted by Crippen LogP contribution is -2.33. The average Bonchev–Trinajstić information content (AvgIpc) is 2.20. The molecule has 0 aromatic carbocycles. The molecule has 0 aliphatic carbocycles. The Morgan fingerprint density at radius 2 is 2.47 bits per heavy atom. The highest BCUT2D eigenvalue weighted by atomic mass is 16.5. The number of hydrogen-bond donors (Lipinski definition) is 3. The minimum absolute atomic E-state index is 0.109. The number of aromatic nitrogens is 1. The van der Waals surface area contributed by atoms with Crippen LogP contribution in [0.1, 0.15) is 22.5 Å². The lowest BCUT2D eigenvalue weighted by Gasteiger charge is -2.26. The summed E-state index contributed by atoms with van der Waals surface area (Å²) in [6.07, 6.45) is 1.22. The minimum Gasteiger partial charge on any atom is -0.476 e. The summed E-state index contributed by atoms with van der Waals surface area (Å²) >= 11 is 0. The summed E-state index contributed by atoms with van der Waals surface area (Å²) in [6, 6.07) is 1.74. The highest BCUT2D eigenvalue weighted by molar-refractivity contribution is 5.92. The van der Waals surface area contributed by atoms with Crippen LogP contribution in [0.2, 0.25) is 0 Å². The molecule has 6 heteroatoms. The third-order valence-corrected chi connectivity index (χ3v) is 2.77. The van der Waals surface area contributed by atoms with Crippen LogP contribution in [0, 0.1) is 6.92 Å². The number of aryl methyl sites for hydroxylation is 1. The van der Waals surface area contributed by atoms with Gasteiger partial charge in [0.15, 0.2) is 5.69 Å². The lowest BCUT2D eigenvalue weighted by atomic mass is 10.1. The Balaban J connectivity index is 2.13. The van der Waals surface area contributed by atoms with E-state index >= 15 is 0 Å². The van der Waals surface area contributed by atoms with Crippen LogP contribution in [-0.2, 0) is 4.74 Å². The van der Waals surface area contributed by atoms with Gasteiger partial charge in [-0.3, -0.25) is 0 Å². The van der Waals surface area contributed by atoms with Crippen LogP contribution in [0.4, 0.5) is 11.5 Å². The van der Waals surface area contributed by atoms with Crippen molar-refractivity contribution in [3.05, 3.63) is 17.3 Å². The number of nitrogen functional groups attached to an aromatic ring is 1. The van der Waals surface area contributed by atoms with E-state index in [0.29, 0.717) is 17.9 Å². The second-order valence-corrected chi connectivity index (χ2v) is 4.05. The second-order valence-electron chi connectivity index (χ2n) is 4.05. The molecule has 1 aromatic rings. The van der Waals surface area contributed by atoms with Crippen LogP contribution in [-0.4, -0.2) is 35.3 Å². The molecule has 4 N–H and O–H groups in total. The van der Waals surface area contributed by atoms with Crippen LogP contribution in [0.3, 0.4) is 0 Å². The predicted octanol–water partition coefficient (Wildman–Crippen LogP) is 0.871. The van der Waals surface area contributed by atoms with Crippen molar-refractivity contribution in [2.75, 3.05) is 24.2 Å². The molecule has 0 radical (unpaired) electrons. The number of nitrogens with zero attached hydrogens (tertiary/aromatic N) is 1. The fourth-order valence-corrected chi connectivity index (χ4v) is 1.60. The van der Waals surface area contributed by atoms with Crippen molar-refractivity contribution in [2.24, 2.45) is 0 Å². The van der Waals surface area contributed by atoms with Gasteiger partial charge in [0.1, 0.15) is 5.82 Å². The first-order valence-electron chi connectivity index (χ1n) is 5.44. The van der Waals surface area contributed by atoms with Gasteiger partial charge in [0.25, 0.3) is 0 Å². The first-order chi connectivity index (χ1) is 8.08. The van der Waals surface area contributed by atoms with Crippen molar-refractivity contribution in [1.29, 1.82) is 0 Å². The summed E-state index contributed by atoms with van der Waals surface area (Å²) in [5.41, 5.74) is 6.45. The highest BCUT2D eigenvalue weighted by Gasteiger charge is 2.18. The molecule has 0 unspecified atom stereocenters. The number of pyridine rings is 1. The summed E-state index contributed by atoms with van der Waals surface area (Å²) in [6.45, 7) is 3.19. The smallest absolute Gasteiger partial charge is 0.356 e. The van der Waals surface area contributed by atoms with Crippen molar-refractivity contribution in [3.63, 3.8) is 0 Å². The molecular weight excluding hydrogens is 222 g/mol. The van der Waals surface area contributed by atoms with E-state index in [1.807, 2.05) is 0 Å². The molecule has 1 fully saturated rings. The van der Waals surface area contributed by atoms with E-state index in [1.54, 1.807) is 13.0 Å². The topological polar surface area (TPSA) is 97.5 Å². The fraction of sp³-hybridized carbons (Fsp3) is 0.455. The number of nitrogens with one attached hydrogen (secondary N) is 1. The molecule has 2 heterocycles. The summed E-state index contributed by atoms with van der Waals surface area (Å²) in [7, 11) is 0. The first-order valence-corrected chi connectivity index (χ1v) is 5.44. The van der Waals surface area contributed by atoms with Gasteiger partial charge in [0.2, 0.25) is 0 Å². The monoisotopic (exact) mass is 237 g/mol. The van der Waals surface area contributed by atoms with E-state index in [9.17, 15) is 4.79 Å². The SMILES string of the molecule is Cc1cc(NC[C@@H]2CCO2)nc(C(=O)O)c1N. The number of carboxylic acids is 1. The molecule has 1 atom stereocenters. The zero-order chi connectivity index (χ0) is 12.4. The molecule has 0 bridgehead atoms. The average molecular weight is 237 g/mol. The summed E-state index contributed by atoms with van der Waals surface area (Å²) < 4.78 is 5.25. The quantitative estimate of drug-likeness (QED) is 0.719. The Labute approximate surface area is 98.8 Å². The normalized spacial score (nSPS) is 18.5. The maximum atomic E-state index is 10.9. The largest absolute Gasteiger partial charge is 0.476 e. The molecule has 0 amide bonds. The molecule has 1 aromatic heterocycles. The summed E-state index contributed by atoms with van der Waals surface area (Å²) in [5, 5.41) is 12.0. The number of hydrogen-bond acceptors (Lipinski definition) is 5. The number of rotatable bonds is 4. The number of carboxylic acid groups (broad SMARTS) is 1. The third-order valence-electron chi connectivity index (χ3n) is 2.77. The van der Waals surface area contributed by atoms with E-state index in [4.69, 9.17) is 15.6 Å². The standard InChI is InChI=1S/C11H15N3O3/c1-6-4-8(13-5-7-2-3-17-7)14-10(9(6)12)11(15)16/h4,7H,2-3,5,12H2,1H3,(H,13,14)(H,15,16)/t7-/m0/s1. The Hall–Kier alpha value is -1.82. The predicted molar refractivity (Wildman–Crippen MR) is 63.2 cm³/mol. The molecule has 1 saturated heterocycles. The number of aromatic carboxylic acids is 1. The zero-order valence-electron chi connectivity index (χ0n) is 9.56. The van der Waals surface area contributed by atoms with Crippen LogP contribution in [0.25, 0.3) is 0 Å². The molecule has 2 rings (SSSR count). The van der Waals surface area contributed by atoms with Gasteiger partial charge in [0.05, 0.1) is 11.8 Å². The Morgan fingerprint density at radius 3 is 3.00 bits per heavy atom. The van der Waals surface area contributed by atoms with Gasteiger partial charge in [-0.1, -0.05) is 0 Å². The van der Waals surface area contributed by atoms with Crippen LogP contribution in [0.15, 0.2) is 6.07 Å². The Kier molecular flexibility index (Phi) is 3.14. The molecule has 17 heavy (non-hydrogen) atoms. The second kappa shape index (κ2) is 4.58. The van der Waals surface area contributed by atoms with Gasteiger partial charge in [-0.15, -0.1) is 0 Å². The minimum atomic E-state index is -1.12. The van der Waals surface area contributed by atoms with E-state index in [2.05, 4.69) is 10.3 Å². The highest BCUT2D eigenvalue weighted by Crippen LogP contribution is 2.20. The molecule has 1 aliphatic heterocycles. The maximum Gasteiger partial charge on any atom is 0.356 e. The van der Waals surface area contributed by atoms with E-state index in [-0.39, 0.29) is 17.5 Å².